The van der Waals surface area contributed by atoms with Crippen LogP contribution >= 0.6 is 0 Å². The summed E-state index contributed by atoms with van der Waals surface area (Å²) < 4.78 is 43.7. The SMILES string of the molecule is CCCC(=O)N1CCN2c3ncc(C(F)(F)F)cc3OC[C@@H]2C1. The number of alkyl halides is 3. The van der Waals surface area contributed by atoms with Crippen LogP contribution in [0.1, 0.15) is 25.3 Å². The molecule has 1 aromatic heterocycles. The van der Waals surface area contributed by atoms with E-state index in [1.807, 2.05) is 11.8 Å². The first kappa shape index (κ1) is 15.9. The zero-order valence-corrected chi connectivity index (χ0v) is 12.8. The fraction of sp³-hybridized carbons (Fsp3) is 0.600. The van der Waals surface area contributed by atoms with Gasteiger partial charge in [-0.25, -0.2) is 4.98 Å². The number of amides is 1. The van der Waals surface area contributed by atoms with E-state index in [0.717, 1.165) is 18.7 Å². The first-order valence-electron chi connectivity index (χ1n) is 7.64. The molecule has 1 atom stereocenters. The third kappa shape index (κ3) is 3.07. The Labute approximate surface area is 132 Å². The number of fused-ring (bicyclic) bond motifs is 3. The number of pyridine rings is 1. The van der Waals surface area contributed by atoms with Gasteiger partial charge >= 0.3 is 6.18 Å². The summed E-state index contributed by atoms with van der Waals surface area (Å²) in [6, 6.07) is 0.925. The van der Waals surface area contributed by atoms with Gasteiger partial charge in [-0.05, 0) is 12.5 Å². The lowest BCUT2D eigenvalue weighted by atomic mass is 10.1. The van der Waals surface area contributed by atoms with Crippen molar-refractivity contribution in [1.29, 1.82) is 0 Å². The minimum absolute atomic E-state index is 0.0682. The second kappa shape index (κ2) is 5.90. The monoisotopic (exact) mass is 329 g/mol. The maximum atomic E-state index is 12.8. The van der Waals surface area contributed by atoms with Crippen molar-refractivity contribution < 1.29 is 22.7 Å². The lowest BCUT2D eigenvalue weighted by Gasteiger charge is -2.44. The van der Waals surface area contributed by atoms with Gasteiger partial charge < -0.3 is 14.5 Å². The molecule has 8 heteroatoms. The second-order valence-electron chi connectivity index (χ2n) is 5.79. The molecule has 0 bridgehead atoms. The number of ether oxygens (including phenoxy) is 1. The van der Waals surface area contributed by atoms with Crippen LogP contribution in [0.3, 0.4) is 0 Å². The number of aromatic nitrogens is 1. The number of anilines is 1. The van der Waals surface area contributed by atoms with Crippen molar-refractivity contribution in [3.05, 3.63) is 17.8 Å². The van der Waals surface area contributed by atoms with Crippen molar-refractivity contribution in [2.45, 2.75) is 32.0 Å². The first-order chi connectivity index (χ1) is 10.9. The lowest BCUT2D eigenvalue weighted by molar-refractivity contribution is -0.138. The highest BCUT2D eigenvalue weighted by atomic mass is 19.4. The third-order valence-corrected chi connectivity index (χ3v) is 4.16. The molecule has 0 saturated carbocycles. The number of hydrogen-bond acceptors (Lipinski definition) is 4. The molecule has 0 aliphatic carbocycles. The van der Waals surface area contributed by atoms with Crippen molar-refractivity contribution in [3.8, 4) is 5.75 Å². The molecule has 3 rings (SSSR count). The molecule has 2 aliphatic heterocycles. The Kier molecular flexibility index (Phi) is 4.08. The molecule has 3 heterocycles. The topological polar surface area (TPSA) is 45.7 Å². The number of hydrogen-bond donors (Lipinski definition) is 0. The number of nitrogens with zero attached hydrogens (tertiary/aromatic N) is 3. The Morgan fingerprint density at radius 1 is 1.43 bits per heavy atom. The van der Waals surface area contributed by atoms with Crippen molar-refractivity contribution in [1.82, 2.24) is 9.88 Å². The highest BCUT2D eigenvalue weighted by Crippen LogP contribution is 2.38. The van der Waals surface area contributed by atoms with Crippen LogP contribution in [0.4, 0.5) is 19.0 Å². The maximum Gasteiger partial charge on any atom is 0.418 e. The molecule has 0 unspecified atom stereocenters. The molecule has 2 aliphatic rings. The molecule has 23 heavy (non-hydrogen) atoms. The summed E-state index contributed by atoms with van der Waals surface area (Å²) >= 11 is 0. The standard InChI is InChI=1S/C15H18F3N3O2/c1-2-3-13(22)20-4-5-21-11(8-20)9-23-12-6-10(15(16,17)18)7-19-14(12)21/h6-7,11H,2-5,8-9H2,1H3/t11-/m0/s1. The highest BCUT2D eigenvalue weighted by Gasteiger charge is 2.38. The Morgan fingerprint density at radius 2 is 2.22 bits per heavy atom. The average Bonchev–Trinajstić information content (AvgIpc) is 2.53. The summed E-state index contributed by atoms with van der Waals surface area (Å²) in [5, 5.41) is 0. The predicted molar refractivity (Wildman–Crippen MR) is 77.4 cm³/mol. The van der Waals surface area contributed by atoms with E-state index in [9.17, 15) is 18.0 Å². The quantitative estimate of drug-likeness (QED) is 0.835. The molecule has 0 N–H and O–H groups in total. The molecule has 1 saturated heterocycles. The molecule has 0 aromatic carbocycles. The van der Waals surface area contributed by atoms with Gasteiger partial charge in [-0.15, -0.1) is 0 Å². The predicted octanol–water partition coefficient (Wildman–Crippen LogP) is 2.31. The molecule has 126 valence electrons. The summed E-state index contributed by atoms with van der Waals surface area (Å²) in [6.07, 6.45) is -2.30. The Bertz CT molecular complexity index is 606. The van der Waals surface area contributed by atoms with Gasteiger partial charge in [0.15, 0.2) is 11.6 Å². The summed E-state index contributed by atoms with van der Waals surface area (Å²) in [5.74, 6) is 0.694. The van der Waals surface area contributed by atoms with Crippen LogP contribution < -0.4 is 9.64 Å². The van der Waals surface area contributed by atoms with Crippen LogP contribution in [0.5, 0.6) is 5.75 Å². The van der Waals surface area contributed by atoms with Gasteiger partial charge in [-0.3, -0.25) is 4.79 Å². The fourth-order valence-corrected chi connectivity index (χ4v) is 2.98. The van der Waals surface area contributed by atoms with E-state index in [1.165, 1.54) is 0 Å². The minimum Gasteiger partial charge on any atom is -0.487 e. The van der Waals surface area contributed by atoms with E-state index >= 15 is 0 Å². The maximum absolute atomic E-state index is 12.8. The van der Waals surface area contributed by atoms with E-state index in [2.05, 4.69) is 4.98 Å². The Hall–Kier alpha value is -1.99. The number of piperazine rings is 1. The summed E-state index contributed by atoms with van der Waals surface area (Å²) in [5.41, 5.74) is -0.813. The largest absolute Gasteiger partial charge is 0.487 e. The molecule has 1 amide bonds. The second-order valence-corrected chi connectivity index (χ2v) is 5.79. The van der Waals surface area contributed by atoms with Crippen LogP contribution in [0.2, 0.25) is 0 Å². The van der Waals surface area contributed by atoms with Crippen LogP contribution in [0.25, 0.3) is 0 Å². The highest BCUT2D eigenvalue weighted by molar-refractivity contribution is 5.76. The first-order valence-corrected chi connectivity index (χ1v) is 7.64. The molecular formula is C15H18F3N3O2. The van der Waals surface area contributed by atoms with E-state index in [-0.39, 0.29) is 24.3 Å². The number of rotatable bonds is 2. The Balaban J connectivity index is 1.78. The molecule has 5 nitrogen and oxygen atoms in total. The molecule has 1 fully saturated rings. The van der Waals surface area contributed by atoms with Gasteiger partial charge in [0, 0.05) is 32.3 Å². The lowest BCUT2D eigenvalue weighted by Crippen LogP contribution is -2.58. The summed E-state index contributed by atoms with van der Waals surface area (Å²) in [4.78, 5) is 19.7. The van der Waals surface area contributed by atoms with Crippen molar-refractivity contribution in [2.75, 3.05) is 31.1 Å². The van der Waals surface area contributed by atoms with Crippen LogP contribution in [0.15, 0.2) is 12.3 Å². The van der Waals surface area contributed by atoms with Gasteiger partial charge in [0.05, 0.1) is 11.6 Å². The van der Waals surface area contributed by atoms with Crippen LogP contribution in [-0.2, 0) is 11.0 Å². The minimum atomic E-state index is -4.44. The number of carbonyl (C=O) groups is 1. The Morgan fingerprint density at radius 3 is 2.91 bits per heavy atom. The van der Waals surface area contributed by atoms with Crippen molar-refractivity contribution in [2.24, 2.45) is 0 Å². The van der Waals surface area contributed by atoms with Crippen LogP contribution in [0, 0.1) is 0 Å². The zero-order valence-electron chi connectivity index (χ0n) is 12.8. The molecular weight excluding hydrogens is 311 g/mol. The van der Waals surface area contributed by atoms with Crippen LogP contribution in [-0.4, -0.2) is 48.1 Å². The molecule has 0 spiro atoms. The summed E-state index contributed by atoms with van der Waals surface area (Å²) in [6.45, 7) is 3.83. The van der Waals surface area contributed by atoms with Gasteiger partial charge in [0.2, 0.25) is 5.91 Å². The fourth-order valence-electron chi connectivity index (χ4n) is 2.98. The van der Waals surface area contributed by atoms with E-state index in [0.29, 0.717) is 31.9 Å². The third-order valence-electron chi connectivity index (χ3n) is 4.16. The average molecular weight is 329 g/mol. The smallest absolute Gasteiger partial charge is 0.418 e. The molecule has 0 radical (unpaired) electrons. The van der Waals surface area contributed by atoms with Gasteiger partial charge in [-0.1, -0.05) is 6.92 Å². The van der Waals surface area contributed by atoms with Gasteiger partial charge in [0.25, 0.3) is 0 Å². The normalized spacial score (nSPS) is 20.6. The van der Waals surface area contributed by atoms with Gasteiger partial charge in [-0.2, -0.15) is 13.2 Å². The van der Waals surface area contributed by atoms with Crippen molar-refractivity contribution in [3.63, 3.8) is 0 Å². The van der Waals surface area contributed by atoms with Gasteiger partial charge in [0.1, 0.15) is 6.61 Å². The van der Waals surface area contributed by atoms with E-state index in [1.54, 1.807) is 4.90 Å². The van der Waals surface area contributed by atoms with Crippen molar-refractivity contribution >= 4 is 11.7 Å². The zero-order chi connectivity index (χ0) is 16.6. The summed E-state index contributed by atoms with van der Waals surface area (Å²) in [7, 11) is 0. The van der Waals surface area contributed by atoms with E-state index < -0.39 is 11.7 Å². The number of halogens is 3. The molecule has 1 aromatic rings. The number of carbonyl (C=O) groups excluding carboxylic acids is 1. The van der Waals surface area contributed by atoms with E-state index in [4.69, 9.17) is 4.74 Å².